The van der Waals surface area contributed by atoms with E-state index in [4.69, 9.17) is 14.5 Å². The molecule has 0 bridgehead atoms. The first kappa shape index (κ1) is 22.9. The highest BCUT2D eigenvalue weighted by Gasteiger charge is 2.49. The van der Waals surface area contributed by atoms with Gasteiger partial charge in [0.05, 0.1) is 25.5 Å². The second kappa shape index (κ2) is 8.05. The predicted molar refractivity (Wildman–Crippen MR) is 130 cm³/mol. The zero-order valence-electron chi connectivity index (χ0n) is 20.4. The summed E-state index contributed by atoms with van der Waals surface area (Å²) in [5.41, 5.74) is 8.94. The van der Waals surface area contributed by atoms with Crippen molar-refractivity contribution in [3.8, 4) is 11.5 Å². The number of hydrogen-bond donors (Lipinski definition) is 0. The lowest BCUT2D eigenvalue weighted by atomic mass is 9.69. The Morgan fingerprint density at radius 3 is 1.55 bits per heavy atom. The molecule has 0 fully saturated rings. The predicted octanol–water partition coefficient (Wildman–Crippen LogP) is 6.97. The molecule has 0 aliphatic carbocycles. The van der Waals surface area contributed by atoms with Crippen LogP contribution in [0.5, 0.6) is 11.5 Å². The number of rotatable bonds is 4. The van der Waals surface area contributed by atoms with Gasteiger partial charge in [-0.25, -0.2) is 0 Å². The lowest BCUT2D eigenvalue weighted by Gasteiger charge is -2.33. The van der Waals surface area contributed by atoms with E-state index in [2.05, 4.69) is 78.5 Å². The van der Waals surface area contributed by atoms with E-state index >= 15 is 0 Å². The molecule has 2 aromatic carbocycles. The third kappa shape index (κ3) is 4.34. The highest BCUT2D eigenvalue weighted by Crippen LogP contribution is 2.50. The maximum absolute atomic E-state index is 5.37. The van der Waals surface area contributed by atoms with Crippen LogP contribution in [-0.2, 0) is 0 Å². The number of nitrogens with zero attached hydrogens (tertiary/aromatic N) is 1. The number of hydrogen-bond acceptors (Lipinski definition) is 3. The average Bonchev–Trinajstić information content (AvgIpc) is 2.91. The Morgan fingerprint density at radius 1 is 0.774 bits per heavy atom. The Hall–Kier alpha value is -2.77. The highest BCUT2D eigenvalue weighted by molar-refractivity contribution is 6.08. The molecule has 3 rings (SSSR count). The molecule has 0 amide bonds. The van der Waals surface area contributed by atoms with E-state index in [9.17, 15) is 0 Å². The molecule has 2 aromatic rings. The highest BCUT2D eigenvalue weighted by atomic mass is 16.5. The summed E-state index contributed by atoms with van der Waals surface area (Å²) in [4.78, 5) is 5.18. The van der Waals surface area contributed by atoms with Crippen LogP contribution in [0.25, 0.3) is 5.57 Å². The Labute approximate surface area is 187 Å². The molecule has 0 radical (unpaired) electrons. The van der Waals surface area contributed by atoms with Gasteiger partial charge in [-0.3, -0.25) is 4.99 Å². The van der Waals surface area contributed by atoms with Gasteiger partial charge in [0.1, 0.15) is 11.5 Å². The maximum atomic E-state index is 5.37. The van der Waals surface area contributed by atoms with Gasteiger partial charge in [-0.15, -0.1) is 5.73 Å². The van der Waals surface area contributed by atoms with E-state index in [1.54, 1.807) is 14.2 Å². The zero-order chi connectivity index (χ0) is 23.0. The first-order valence-electron chi connectivity index (χ1n) is 10.8. The van der Waals surface area contributed by atoms with Gasteiger partial charge in [0.25, 0.3) is 0 Å². The van der Waals surface area contributed by atoms with Gasteiger partial charge in [0.2, 0.25) is 0 Å². The molecule has 31 heavy (non-hydrogen) atoms. The van der Waals surface area contributed by atoms with Crippen molar-refractivity contribution in [2.45, 2.75) is 54.0 Å². The fourth-order valence-corrected chi connectivity index (χ4v) is 3.79. The molecule has 0 spiro atoms. The van der Waals surface area contributed by atoms with Crippen LogP contribution >= 0.6 is 0 Å². The van der Waals surface area contributed by atoms with Crippen molar-refractivity contribution in [2.24, 2.45) is 15.8 Å². The molecule has 0 atom stereocenters. The summed E-state index contributed by atoms with van der Waals surface area (Å²) in [6.45, 7) is 15.7. The summed E-state index contributed by atoms with van der Waals surface area (Å²) in [6, 6.07) is 16.3. The smallest absolute Gasteiger partial charge is 0.118 e. The van der Waals surface area contributed by atoms with Gasteiger partial charge in [-0.2, -0.15) is 0 Å². The molecule has 1 heterocycles. The molecule has 3 nitrogen and oxygen atoms in total. The molecule has 0 saturated carbocycles. The average molecular weight is 418 g/mol. The van der Waals surface area contributed by atoms with Crippen molar-refractivity contribution in [3.05, 3.63) is 71.0 Å². The number of aliphatic imine (C=N–C) groups is 1. The van der Waals surface area contributed by atoms with Gasteiger partial charge in [-0.1, -0.05) is 58.9 Å². The maximum Gasteiger partial charge on any atom is 0.118 e. The summed E-state index contributed by atoms with van der Waals surface area (Å²) in [5, 5.41) is 0. The SMILES string of the molecule is COc1ccc(C(=C=C2C(C(C)(C)C)=NC(C)(C)C2(C)C)c2ccc(OC)cc2)cc1. The van der Waals surface area contributed by atoms with Crippen molar-refractivity contribution in [3.63, 3.8) is 0 Å². The lowest BCUT2D eigenvalue weighted by Crippen LogP contribution is -2.35. The van der Waals surface area contributed by atoms with Crippen LogP contribution in [0.1, 0.15) is 59.6 Å². The number of benzene rings is 2. The summed E-state index contributed by atoms with van der Waals surface area (Å²) < 4.78 is 10.7. The summed E-state index contributed by atoms with van der Waals surface area (Å²) in [5.74, 6) is 1.68. The van der Waals surface area contributed by atoms with E-state index in [-0.39, 0.29) is 16.4 Å². The minimum absolute atomic E-state index is 0.0711. The van der Waals surface area contributed by atoms with E-state index in [0.29, 0.717) is 0 Å². The van der Waals surface area contributed by atoms with Crippen LogP contribution in [0, 0.1) is 10.8 Å². The van der Waals surface area contributed by atoms with Gasteiger partial charge in [-0.05, 0) is 49.2 Å². The number of ether oxygens (including phenoxy) is 2. The van der Waals surface area contributed by atoms with Gasteiger partial charge in [0, 0.05) is 22.0 Å². The summed E-state index contributed by atoms with van der Waals surface area (Å²) in [7, 11) is 3.37. The summed E-state index contributed by atoms with van der Waals surface area (Å²) in [6.07, 6.45) is 0. The minimum Gasteiger partial charge on any atom is -0.497 e. The summed E-state index contributed by atoms with van der Waals surface area (Å²) >= 11 is 0. The van der Waals surface area contributed by atoms with E-state index < -0.39 is 0 Å². The Kier molecular flexibility index (Phi) is 5.95. The molecule has 0 saturated heterocycles. The van der Waals surface area contributed by atoms with Crippen molar-refractivity contribution in [1.29, 1.82) is 0 Å². The quantitative estimate of drug-likeness (QED) is 0.503. The Bertz CT molecular complexity index is 990. The Morgan fingerprint density at radius 2 is 1.19 bits per heavy atom. The van der Waals surface area contributed by atoms with Gasteiger partial charge in [0.15, 0.2) is 0 Å². The molecule has 3 heteroatoms. The van der Waals surface area contributed by atoms with Crippen molar-refractivity contribution in [2.75, 3.05) is 14.2 Å². The molecule has 0 aromatic heterocycles. The van der Waals surface area contributed by atoms with E-state index in [1.165, 1.54) is 5.57 Å². The van der Waals surface area contributed by atoms with Gasteiger partial charge < -0.3 is 9.47 Å². The monoisotopic (exact) mass is 417 g/mol. The van der Waals surface area contributed by atoms with Crippen molar-refractivity contribution >= 4 is 11.3 Å². The molecule has 1 aliphatic heterocycles. The first-order chi connectivity index (χ1) is 14.4. The zero-order valence-corrected chi connectivity index (χ0v) is 20.4. The molecular weight excluding hydrogens is 382 g/mol. The molecule has 164 valence electrons. The molecule has 0 unspecified atom stereocenters. The van der Waals surface area contributed by atoms with Gasteiger partial charge >= 0.3 is 0 Å². The molecule has 1 aliphatic rings. The lowest BCUT2D eigenvalue weighted by molar-refractivity contribution is 0.284. The second-order valence-electron chi connectivity index (χ2n) is 10.2. The fourth-order valence-electron chi connectivity index (χ4n) is 3.79. The standard InChI is InChI=1S/C28H35NO2/c1-26(2,3)25-24(27(4,5)28(6,7)29-25)18-23(19-10-14-21(30-8)15-11-19)20-12-16-22(31-9)17-13-20/h10-17H,1-9H3. The number of methoxy groups -OCH3 is 2. The van der Waals surface area contributed by atoms with Crippen LogP contribution < -0.4 is 9.47 Å². The normalized spacial score (nSPS) is 17.1. The topological polar surface area (TPSA) is 30.8 Å². The van der Waals surface area contributed by atoms with Crippen LogP contribution in [-0.4, -0.2) is 25.5 Å². The second-order valence-corrected chi connectivity index (χ2v) is 10.2. The van der Waals surface area contributed by atoms with E-state index in [1.807, 2.05) is 24.3 Å². The van der Waals surface area contributed by atoms with Crippen LogP contribution in [0.15, 0.2) is 64.8 Å². The third-order valence-corrected chi connectivity index (χ3v) is 6.50. The first-order valence-corrected chi connectivity index (χ1v) is 10.8. The molecular formula is C28H35NO2. The van der Waals surface area contributed by atoms with Crippen molar-refractivity contribution < 1.29 is 9.47 Å². The minimum atomic E-state index is -0.205. The van der Waals surface area contributed by atoms with Crippen LogP contribution in [0.3, 0.4) is 0 Å². The van der Waals surface area contributed by atoms with Crippen molar-refractivity contribution in [1.82, 2.24) is 0 Å². The fraction of sp³-hybridized carbons (Fsp3) is 0.429. The third-order valence-electron chi connectivity index (χ3n) is 6.50. The van der Waals surface area contributed by atoms with Crippen LogP contribution in [0.4, 0.5) is 0 Å². The van der Waals surface area contributed by atoms with Crippen LogP contribution in [0.2, 0.25) is 0 Å². The Balaban J connectivity index is 2.35. The molecule has 0 N–H and O–H groups in total. The van der Waals surface area contributed by atoms with E-state index in [0.717, 1.165) is 33.9 Å². The largest absolute Gasteiger partial charge is 0.497 e.